The van der Waals surface area contributed by atoms with E-state index in [1.54, 1.807) is 13.8 Å². The number of rotatable bonds is 5. The van der Waals surface area contributed by atoms with Crippen LogP contribution in [0, 0.1) is 0 Å². The minimum absolute atomic E-state index is 0.0285. The van der Waals surface area contributed by atoms with Crippen molar-refractivity contribution in [3.63, 3.8) is 0 Å². The Morgan fingerprint density at radius 2 is 2.00 bits per heavy atom. The fraction of sp³-hybridized carbons (Fsp3) is 0.538. The number of nitrogens with zero attached hydrogens (tertiary/aromatic N) is 2. The normalized spacial score (nSPS) is 11.4. The molecule has 2 amide bonds. The molecule has 0 atom stereocenters. The second kappa shape index (κ2) is 5.85. The summed E-state index contributed by atoms with van der Waals surface area (Å²) in [4.78, 5) is 31.4. The van der Waals surface area contributed by atoms with Crippen LogP contribution < -0.4 is 16.8 Å². The molecule has 7 nitrogen and oxygen atoms in total. The van der Waals surface area contributed by atoms with Crippen LogP contribution in [0.2, 0.25) is 0 Å². The van der Waals surface area contributed by atoms with Crippen LogP contribution in [0.1, 0.15) is 56.3 Å². The quantitative estimate of drug-likeness (QED) is 0.726. The Morgan fingerprint density at radius 3 is 2.50 bits per heavy atom. The highest BCUT2D eigenvalue weighted by Gasteiger charge is 2.25. The summed E-state index contributed by atoms with van der Waals surface area (Å²) in [5.74, 6) is -0.315. The van der Waals surface area contributed by atoms with Gasteiger partial charge in [0.15, 0.2) is 5.69 Å². The molecule has 1 aromatic heterocycles. The van der Waals surface area contributed by atoms with E-state index in [0.29, 0.717) is 5.82 Å². The van der Waals surface area contributed by atoms with Crippen LogP contribution in [-0.4, -0.2) is 27.3 Å². The summed E-state index contributed by atoms with van der Waals surface area (Å²) >= 11 is 0. The molecule has 7 heteroatoms. The van der Waals surface area contributed by atoms with Gasteiger partial charge in [0, 0.05) is 17.9 Å². The third-order valence-corrected chi connectivity index (χ3v) is 2.64. The number of nitrogen functional groups attached to an aromatic ring is 1. The Bertz CT molecular complexity index is 525. The van der Waals surface area contributed by atoms with Gasteiger partial charge in [-0.2, -0.15) is 0 Å². The zero-order valence-electron chi connectivity index (χ0n) is 12.2. The van der Waals surface area contributed by atoms with Gasteiger partial charge in [0.2, 0.25) is 5.91 Å². The number of nitrogens with one attached hydrogen (secondary N) is 1. The Morgan fingerprint density at radius 1 is 1.40 bits per heavy atom. The molecule has 0 aromatic carbocycles. The van der Waals surface area contributed by atoms with Gasteiger partial charge in [0.05, 0.1) is 11.9 Å². The van der Waals surface area contributed by atoms with Gasteiger partial charge in [-0.3, -0.25) is 9.59 Å². The molecule has 0 fully saturated rings. The Kier molecular flexibility index (Phi) is 4.65. The molecular weight excluding hydrogens is 258 g/mol. The first-order chi connectivity index (χ1) is 9.12. The first-order valence-electron chi connectivity index (χ1n) is 6.35. The lowest BCUT2D eigenvalue weighted by Crippen LogP contribution is -2.46. The number of carbonyl (C=O) groups excluding carboxylic acids is 2. The smallest absolute Gasteiger partial charge is 0.272 e. The predicted molar refractivity (Wildman–Crippen MR) is 75.9 cm³/mol. The number of nitrogens with two attached hydrogens (primary N) is 2. The van der Waals surface area contributed by atoms with Crippen LogP contribution >= 0.6 is 0 Å². The molecule has 110 valence electrons. The van der Waals surface area contributed by atoms with Crippen molar-refractivity contribution in [3.05, 3.63) is 17.7 Å². The Balaban J connectivity index is 2.97. The van der Waals surface area contributed by atoms with Crippen molar-refractivity contribution in [1.29, 1.82) is 0 Å². The fourth-order valence-corrected chi connectivity index (χ4v) is 1.71. The largest absolute Gasteiger partial charge is 0.396 e. The summed E-state index contributed by atoms with van der Waals surface area (Å²) in [6, 6.07) is 0. The van der Waals surface area contributed by atoms with Crippen molar-refractivity contribution < 1.29 is 9.59 Å². The highest BCUT2D eigenvalue weighted by atomic mass is 16.2. The second-order valence-corrected chi connectivity index (χ2v) is 5.67. The van der Waals surface area contributed by atoms with E-state index in [1.165, 1.54) is 6.20 Å². The van der Waals surface area contributed by atoms with Gasteiger partial charge in [-0.1, -0.05) is 13.8 Å². The fourth-order valence-electron chi connectivity index (χ4n) is 1.71. The Labute approximate surface area is 118 Å². The maximum atomic E-state index is 12.2. The van der Waals surface area contributed by atoms with Crippen molar-refractivity contribution in [1.82, 2.24) is 15.3 Å². The summed E-state index contributed by atoms with van der Waals surface area (Å²) < 4.78 is 0. The number of amides is 2. The third kappa shape index (κ3) is 4.18. The Hall–Kier alpha value is -2.18. The number of hydrogen-bond acceptors (Lipinski definition) is 5. The van der Waals surface area contributed by atoms with Gasteiger partial charge < -0.3 is 16.8 Å². The summed E-state index contributed by atoms with van der Waals surface area (Å²) in [5, 5.41) is 2.70. The van der Waals surface area contributed by atoms with Gasteiger partial charge in [-0.25, -0.2) is 9.97 Å². The summed E-state index contributed by atoms with van der Waals surface area (Å²) in [6.07, 6.45) is 1.44. The summed E-state index contributed by atoms with van der Waals surface area (Å²) in [7, 11) is 0. The van der Waals surface area contributed by atoms with Crippen LogP contribution in [0.15, 0.2) is 6.20 Å². The van der Waals surface area contributed by atoms with Gasteiger partial charge in [-0.05, 0) is 13.8 Å². The lowest BCUT2D eigenvalue weighted by molar-refractivity contribution is -0.119. The standard InChI is InChI=1S/C13H21N5O2/c1-7(2)11-16-6-8(14)10(17-11)12(20)18-13(3,4)5-9(15)19/h6-7H,5,14H2,1-4H3,(H2,15,19)(H,18,20). The zero-order valence-corrected chi connectivity index (χ0v) is 12.2. The van der Waals surface area contributed by atoms with E-state index in [4.69, 9.17) is 11.5 Å². The molecule has 20 heavy (non-hydrogen) atoms. The maximum absolute atomic E-state index is 12.2. The van der Waals surface area contributed by atoms with Crippen LogP contribution in [0.3, 0.4) is 0 Å². The number of carbonyl (C=O) groups is 2. The lowest BCUT2D eigenvalue weighted by atomic mass is 10.00. The average Bonchev–Trinajstić information content (AvgIpc) is 2.26. The zero-order chi connectivity index (χ0) is 15.5. The van der Waals surface area contributed by atoms with Crippen molar-refractivity contribution in [2.75, 3.05) is 5.73 Å². The summed E-state index contributed by atoms with van der Waals surface area (Å²) in [5.41, 5.74) is 10.4. The molecule has 0 aliphatic rings. The van der Waals surface area contributed by atoms with Crippen molar-refractivity contribution in [2.45, 2.75) is 45.6 Å². The molecule has 0 saturated heterocycles. The van der Waals surface area contributed by atoms with Gasteiger partial charge >= 0.3 is 0 Å². The average molecular weight is 279 g/mol. The van der Waals surface area contributed by atoms with E-state index in [1.807, 2.05) is 13.8 Å². The first kappa shape index (κ1) is 15.9. The molecule has 0 unspecified atom stereocenters. The van der Waals surface area contributed by atoms with Gasteiger partial charge in [0.25, 0.3) is 5.91 Å². The van der Waals surface area contributed by atoms with Crippen molar-refractivity contribution >= 4 is 17.5 Å². The predicted octanol–water partition coefficient (Wildman–Crippen LogP) is 0.566. The highest BCUT2D eigenvalue weighted by Crippen LogP contribution is 2.15. The second-order valence-electron chi connectivity index (χ2n) is 5.67. The number of hydrogen-bond donors (Lipinski definition) is 3. The highest BCUT2D eigenvalue weighted by molar-refractivity contribution is 5.97. The maximum Gasteiger partial charge on any atom is 0.272 e. The summed E-state index contributed by atoms with van der Waals surface area (Å²) in [6.45, 7) is 7.25. The lowest BCUT2D eigenvalue weighted by Gasteiger charge is -2.24. The molecule has 0 aliphatic heterocycles. The van der Waals surface area contributed by atoms with E-state index in [2.05, 4.69) is 15.3 Å². The van der Waals surface area contributed by atoms with E-state index in [0.717, 1.165) is 0 Å². The van der Waals surface area contributed by atoms with Gasteiger partial charge in [0.1, 0.15) is 5.82 Å². The molecular formula is C13H21N5O2. The van der Waals surface area contributed by atoms with Gasteiger partial charge in [-0.15, -0.1) is 0 Å². The monoisotopic (exact) mass is 279 g/mol. The minimum atomic E-state index is -0.766. The SMILES string of the molecule is CC(C)c1ncc(N)c(C(=O)NC(C)(C)CC(N)=O)n1. The molecule has 0 bridgehead atoms. The van der Waals surface area contributed by atoms with E-state index in [9.17, 15) is 9.59 Å². The number of aromatic nitrogens is 2. The van der Waals surface area contributed by atoms with E-state index >= 15 is 0 Å². The number of primary amides is 1. The first-order valence-corrected chi connectivity index (χ1v) is 6.35. The molecule has 0 spiro atoms. The van der Waals surface area contributed by atoms with Crippen molar-refractivity contribution in [3.8, 4) is 0 Å². The topological polar surface area (TPSA) is 124 Å². The van der Waals surface area contributed by atoms with E-state index < -0.39 is 17.4 Å². The van der Waals surface area contributed by atoms with Crippen molar-refractivity contribution in [2.24, 2.45) is 5.73 Å². The van der Waals surface area contributed by atoms with Crippen LogP contribution in [-0.2, 0) is 4.79 Å². The van der Waals surface area contributed by atoms with Crippen LogP contribution in [0.4, 0.5) is 5.69 Å². The number of anilines is 1. The molecule has 1 aromatic rings. The van der Waals surface area contributed by atoms with E-state index in [-0.39, 0.29) is 23.7 Å². The molecule has 0 aliphatic carbocycles. The van der Waals surface area contributed by atoms with Crippen LogP contribution in [0.25, 0.3) is 0 Å². The molecule has 1 rings (SSSR count). The molecule has 0 radical (unpaired) electrons. The molecule has 0 saturated carbocycles. The third-order valence-electron chi connectivity index (χ3n) is 2.64. The minimum Gasteiger partial charge on any atom is -0.396 e. The molecule has 5 N–H and O–H groups in total. The van der Waals surface area contributed by atoms with Crippen LogP contribution in [0.5, 0.6) is 0 Å². The molecule has 1 heterocycles.